The summed E-state index contributed by atoms with van der Waals surface area (Å²) in [5.74, 6) is 0.374. The predicted molar refractivity (Wildman–Crippen MR) is 101 cm³/mol. The Bertz CT molecular complexity index is 678. The van der Waals surface area contributed by atoms with Crippen LogP contribution in [-0.2, 0) is 11.2 Å². The van der Waals surface area contributed by atoms with E-state index in [1.807, 2.05) is 47.4 Å². The summed E-state index contributed by atoms with van der Waals surface area (Å²) in [6.45, 7) is 1.33. The fraction of sp³-hybridized carbons (Fsp3) is 0.316. The molecule has 0 aromatic heterocycles. The average Bonchev–Trinajstić information content (AvgIpc) is 2.96. The third kappa shape index (κ3) is 4.29. The lowest BCUT2D eigenvalue weighted by Gasteiger charge is -2.16. The Morgan fingerprint density at radius 1 is 1.08 bits per heavy atom. The molecule has 3 rings (SSSR count). The Kier molecular flexibility index (Phi) is 6.67. The Labute approximate surface area is 154 Å². The maximum atomic E-state index is 12.5. The third-order valence-corrected chi connectivity index (χ3v) is 4.88. The average molecular weight is 365 g/mol. The first kappa shape index (κ1) is 18.8. The number of amides is 1. The lowest BCUT2D eigenvalue weighted by Crippen LogP contribution is -2.32. The molecule has 1 saturated heterocycles. The number of likely N-dealkylation sites (tertiary alicyclic amines) is 1. The molecule has 1 fully saturated rings. The van der Waals surface area contributed by atoms with Crippen LogP contribution in [0.5, 0.6) is 0 Å². The van der Waals surface area contributed by atoms with Crippen LogP contribution in [0.3, 0.4) is 0 Å². The van der Waals surface area contributed by atoms with Gasteiger partial charge >= 0.3 is 0 Å². The Morgan fingerprint density at radius 2 is 1.75 bits per heavy atom. The van der Waals surface area contributed by atoms with Gasteiger partial charge in [-0.15, -0.1) is 12.4 Å². The lowest BCUT2D eigenvalue weighted by molar-refractivity contribution is -0.130. The maximum absolute atomic E-state index is 12.5. The molecular weight excluding hydrogens is 343 g/mol. The number of rotatable bonds is 4. The molecule has 0 spiro atoms. The molecule has 2 aromatic carbocycles. The van der Waals surface area contributed by atoms with Crippen molar-refractivity contribution in [1.29, 1.82) is 0 Å². The molecule has 24 heavy (non-hydrogen) atoms. The molecule has 1 aliphatic rings. The van der Waals surface area contributed by atoms with Crippen LogP contribution in [0.25, 0.3) is 0 Å². The predicted octanol–water partition coefficient (Wildman–Crippen LogP) is 3.65. The number of nitrogens with zero attached hydrogens (tertiary/aromatic N) is 1. The molecule has 128 valence electrons. The molecule has 0 unspecified atom stereocenters. The SMILES string of the molecule is Cl.N[C@@H]1CN(C(=O)CCc2ccccc2Cl)C[C@H]1c1ccccc1. The first-order valence-electron chi connectivity index (χ1n) is 7.97. The van der Waals surface area contributed by atoms with Crippen molar-refractivity contribution in [1.82, 2.24) is 4.90 Å². The summed E-state index contributed by atoms with van der Waals surface area (Å²) in [6.07, 6.45) is 1.14. The molecule has 3 nitrogen and oxygen atoms in total. The van der Waals surface area contributed by atoms with Crippen LogP contribution in [0.2, 0.25) is 5.02 Å². The van der Waals surface area contributed by atoms with E-state index in [0.717, 1.165) is 10.6 Å². The van der Waals surface area contributed by atoms with Crippen LogP contribution in [0.4, 0.5) is 0 Å². The van der Waals surface area contributed by atoms with Gasteiger partial charge in [-0.05, 0) is 23.6 Å². The van der Waals surface area contributed by atoms with Crippen molar-refractivity contribution in [3.05, 3.63) is 70.7 Å². The lowest BCUT2D eigenvalue weighted by atomic mass is 9.95. The summed E-state index contributed by atoms with van der Waals surface area (Å²) in [7, 11) is 0. The first-order valence-corrected chi connectivity index (χ1v) is 8.34. The number of carbonyl (C=O) groups excluding carboxylic acids is 1. The number of carbonyl (C=O) groups is 1. The summed E-state index contributed by atoms with van der Waals surface area (Å²) < 4.78 is 0. The summed E-state index contributed by atoms with van der Waals surface area (Å²) in [5.41, 5.74) is 8.48. The van der Waals surface area contributed by atoms with Gasteiger partial charge in [0.15, 0.2) is 0 Å². The molecule has 0 bridgehead atoms. The van der Waals surface area contributed by atoms with E-state index in [-0.39, 0.29) is 30.3 Å². The molecule has 2 atom stereocenters. The zero-order chi connectivity index (χ0) is 16.2. The second kappa shape index (κ2) is 8.52. The van der Waals surface area contributed by atoms with Gasteiger partial charge < -0.3 is 10.6 Å². The number of hydrogen-bond donors (Lipinski definition) is 1. The largest absolute Gasteiger partial charge is 0.340 e. The minimum absolute atomic E-state index is 0. The number of benzene rings is 2. The summed E-state index contributed by atoms with van der Waals surface area (Å²) in [4.78, 5) is 14.4. The van der Waals surface area contributed by atoms with Crippen molar-refractivity contribution >= 4 is 29.9 Å². The second-order valence-corrected chi connectivity index (χ2v) is 6.48. The number of halogens is 2. The van der Waals surface area contributed by atoms with E-state index in [9.17, 15) is 4.79 Å². The highest BCUT2D eigenvalue weighted by Gasteiger charge is 2.33. The Hall–Kier alpha value is -1.55. The van der Waals surface area contributed by atoms with Crippen molar-refractivity contribution < 1.29 is 4.79 Å². The van der Waals surface area contributed by atoms with Gasteiger partial charge in [-0.1, -0.05) is 60.1 Å². The van der Waals surface area contributed by atoms with Gasteiger partial charge in [0.25, 0.3) is 0 Å². The molecule has 1 aliphatic heterocycles. The molecule has 5 heteroatoms. The minimum atomic E-state index is 0. The zero-order valence-corrected chi connectivity index (χ0v) is 15.0. The van der Waals surface area contributed by atoms with Gasteiger partial charge in [0.1, 0.15) is 0 Å². The normalized spacial score (nSPS) is 19.8. The summed E-state index contributed by atoms with van der Waals surface area (Å²) >= 11 is 6.15. The first-order chi connectivity index (χ1) is 11.1. The molecule has 0 saturated carbocycles. The van der Waals surface area contributed by atoms with Crippen molar-refractivity contribution in [3.63, 3.8) is 0 Å². The van der Waals surface area contributed by atoms with Crippen LogP contribution in [0.15, 0.2) is 54.6 Å². The van der Waals surface area contributed by atoms with E-state index in [0.29, 0.717) is 25.9 Å². The topological polar surface area (TPSA) is 46.3 Å². The van der Waals surface area contributed by atoms with Crippen LogP contribution < -0.4 is 5.73 Å². The van der Waals surface area contributed by atoms with E-state index in [2.05, 4.69) is 12.1 Å². The van der Waals surface area contributed by atoms with Gasteiger partial charge in [0, 0.05) is 36.5 Å². The molecule has 2 aromatic rings. The molecule has 1 amide bonds. The van der Waals surface area contributed by atoms with E-state index in [1.165, 1.54) is 5.56 Å². The fourth-order valence-electron chi connectivity index (χ4n) is 3.19. The fourth-order valence-corrected chi connectivity index (χ4v) is 3.42. The zero-order valence-electron chi connectivity index (χ0n) is 13.4. The highest BCUT2D eigenvalue weighted by Crippen LogP contribution is 2.27. The summed E-state index contributed by atoms with van der Waals surface area (Å²) in [5, 5.41) is 0.723. The maximum Gasteiger partial charge on any atom is 0.222 e. The number of aryl methyl sites for hydroxylation is 1. The molecule has 0 radical (unpaired) electrons. The summed E-state index contributed by atoms with van der Waals surface area (Å²) in [6, 6.07) is 17.9. The standard InChI is InChI=1S/C19H21ClN2O.ClH/c20-17-9-5-4-8-15(17)10-11-19(23)22-12-16(18(21)13-22)14-6-2-1-3-7-14;/h1-9,16,18H,10-13,21H2;1H/t16-,18+;/m0./s1. The van der Waals surface area contributed by atoms with Gasteiger partial charge in [-0.2, -0.15) is 0 Å². The monoisotopic (exact) mass is 364 g/mol. The minimum Gasteiger partial charge on any atom is -0.340 e. The highest BCUT2D eigenvalue weighted by atomic mass is 35.5. The van der Waals surface area contributed by atoms with Crippen LogP contribution >= 0.6 is 24.0 Å². The quantitative estimate of drug-likeness (QED) is 0.899. The van der Waals surface area contributed by atoms with E-state index in [1.54, 1.807) is 0 Å². The number of nitrogens with two attached hydrogens (primary N) is 1. The van der Waals surface area contributed by atoms with E-state index in [4.69, 9.17) is 17.3 Å². The number of hydrogen-bond acceptors (Lipinski definition) is 2. The second-order valence-electron chi connectivity index (χ2n) is 6.07. The molecule has 1 heterocycles. The van der Waals surface area contributed by atoms with Gasteiger partial charge in [0.05, 0.1) is 0 Å². The Balaban J connectivity index is 0.00000208. The molecular formula is C19H22Cl2N2O. The van der Waals surface area contributed by atoms with Gasteiger partial charge in [-0.25, -0.2) is 0 Å². The third-order valence-electron chi connectivity index (χ3n) is 4.51. The van der Waals surface area contributed by atoms with Crippen molar-refractivity contribution in [2.75, 3.05) is 13.1 Å². The smallest absolute Gasteiger partial charge is 0.222 e. The van der Waals surface area contributed by atoms with Crippen LogP contribution in [0, 0.1) is 0 Å². The van der Waals surface area contributed by atoms with Gasteiger partial charge in [0.2, 0.25) is 5.91 Å². The van der Waals surface area contributed by atoms with Gasteiger partial charge in [-0.3, -0.25) is 4.79 Å². The van der Waals surface area contributed by atoms with Crippen molar-refractivity contribution in [2.24, 2.45) is 5.73 Å². The van der Waals surface area contributed by atoms with Crippen molar-refractivity contribution in [2.45, 2.75) is 24.8 Å². The van der Waals surface area contributed by atoms with Crippen LogP contribution in [0.1, 0.15) is 23.5 Å². The van der Waals surface area contributed by atoms with E-state index >= 15 is 0 Å². The molecule has 0 aliphatic carbocycles. The highest BCUT2D eigenvalue weighted by molar-refractivity contribution is 6.31. The Morgan fingerprint density at radius 3 is 2.46 bits per heavy atom. The van der Waals surface area contributed by atoms with Crippen molar-refractivity contribution in [3.8, 4) is 0 Å². The van der Waals surface area contributed by atoms with Crippen LogP contribution in [-0.4, -0.2) is 29.9 Å². The molecule has 2 N–H and O–H groups in total. The van der Waals surface area contributed by atoms with E-state index < -0.39 is 0 Å².